The normalized spacial score (nSPS) is 10.8. The number of halogens is 1. The Morgan fingerprint density at radius 3 is 2.87 bits per heavy atom. The predicted molar refractivity (Wildman–Crippen MR) is 63.5 cm³/mol. The van der Waals surface area contributed by atoms with Crippen LogP contribution in [0.5, 0.6) is 5.75 Å². The number of para-hydroxylation sites is 1. The highest BCUT2D eigenvalue weighted by Crippen LogP contribution is 2.25. The van der Waals surface area contributed by atoms with Crippen LogP contribution in [0.25, 0.3) is 10.9 Å². The number of fused-ring (bicyclic) bond motifs is 1. The van der Waals surface area contributed by atoms with Crippen LogP contribution in [0.3, 0.4) is 0 Å². The van der Waals surface area contributed by atoms with E-state index in [1.165, 1.54) is 4.57 Å². The molecule has 2 aromatic rings. The van der Waals surface area contributed by atoms with Gasteiger partial charge < -0.3 is 9.67 Å². The number of alkyl halides is 1. The maximum absolute atomic E-state index is 11.6. The fourth-order valence-corrected chi connectivity index (χ4v) is 2.15. The van der Waals surface area contributed by atoms with Crippen molar-refractivity contribution in [3.63, 3.8) is 0 Å². The van der Waals surface area contributed by atoms with E-state index in [4.69, 9.17) is 0 Å². The van der Waals surface area contributed by atoms with E-state index < -0.39 is 0 Å². The zero-order chi connectivity index (χ0) is 11.0. The Morgan fingerprint density at radius 2 is 2.20 bits per heavy atom. The van der Waals surface area contributed by atoms with Crippen LogP contribution < -0.4 is 5.56 Å². The molecule has 78 valence electrons. The number of phenolic OH excluding ortho intramolecular Hbond substituents is 1. The van der Waals surface area contributed by atoms with E-state index in [1.54, 1.807) is 25.2 Å². The number of aromatic hydroxyl groups is 1. The molecule has 15 heavy (non-hydrogen) atoms. The molecular formula is C11H10BrNO2. The van der Waals surface area contributed by atoms with Gasteiger partial charge in [0.1, 0.15) is 5.75 Å². The van der Waals surface area contributed by atoms with Crippen molar-refractivity contribution in [3.8, 4) is 5.75 Å². The standard InChI is InChI=1S/C11H10BrNO2/c1-13-10(15)5-7(6-12)8-3-2-4-9(14)11(8)13/h2-5,14H,6H2,1H3. The molecule has 0 unspecified atom stereocenters. The summed E-state index contributed by atoms with van der Waals surface area (Å²) < 4.78 is 1.46. The molecule has 1 aromatic carbocycles. The van der Waals surface area contributed by atoms with Crippen LogP contribution >= 0.6 is 15.9 Å². The number of benzene rings is 1. The molecule has 0 atom stereocenters. The van der Waals surface area contributed by atoms with Gasteiger partial charge in [-0.2, -0.15) is 0 Å². The summed E-state index contributed by atoms with van der Waals surface area (Å²) >= 11 is 3.33. The first kappa shape index (κ1) is 10.2. The van der Waals surface area contributed by atoms with Gasteiger partial charge >= 0.3 is 0 Å². The SMILES string of the molecule is Cn1c(=O)cc(CBr)c2cccc(O)c21. The smallest absolute Gasteiger partial charge is 0.251 e. The van der Waals surface area contributed by atoms with Gasteiger partial charge in [-0.25, -0.2) is 0 Å². The van der Waals surface area contributed by atoms with Crippen molar-refractivity contribution >= 4 is 26.8 Å². The fraction of sp³-hybridized carbons (Fsp3) is 0.182. The van der Waals surface area contributed by atoms with Gasteiger partial charge in [0.25, 0.3) is 5.56 Å². The Bertz CT molecular complexity index is 575. The molecule has 0 aliphatic carbocycles. The fourth-order valence-electron chi connectivity index (χ4n) is 1.69. The van der Waals surface area contributed by atoms with Gasteiger partial charge in [-0.15, -0.1) is 0 Å². The molecule has 2 rings (SSSR count). The van der Waals surface area contributed by atoms with Gasteiger partial charge in [0, 0.05) is 23.8 Å². The first-order chi connectivity index (χ1) is 7.15. The molecule has 0 fully saturated rings. The molecule has 1 heterocycles. The molecule has 3 nitrogen and oxygen atoms in total. The molecule has 0 spiro atoms. The minimum atomic E-state index is -0.113. The number of pyridine rings is 1. The van der Waals surface area contributed by atoms with E-state index in [-0.39, 0.29) is 11.3 Å². The monoisotopic (exact) mass is 267 g/mol. The Labute approximate surface area is 95.1 Å². The van der Waals surface area contributed by atoms with Crippen molar-refractivity contribution in [2.75, 3.05) is 0 Å². The van der Waals surface area contributed by atoms with Gasteiger partial charge in [-0.3, -0.25) is 4.79 Å². The summed E-state index contributed by atoms with van der Waals surface area (Å²) in [5.41, 5.74) is 1.36. The third-order valence-corrected chi connectivity index (χ3v) is 3.07. The van der Waals surface area contributed by atoms with Gasteiger partial charge in [0.2, 0.25) is 0 Å². The van der Waals surface area contributed by atoms with E-state index in [2.05, 4.69) is 15.9 Å². The van der Waals surface area contributed by atoms with Gasteiger partial charge in [-0.05, 0) is 11.6 Å². The number of nitrogens with zero attached hydrogens (tertiary/aromatic N) is 1. The average molecular weight is 268 g/mol. The lowest BCUT2D eigenvalue weighted by Gasteiger charge is -2.09. The van der Waals surface area contributed by atoms with Crippen LogP contribution in [0.1, 0.15) is 5.56 Å². The van der Waals surface area contributed by atoms with E-state index in [1.807, 2.05) is 6.07 Å². The molecule has 1 N–H and O–H groups in total. The number of aryl methyl sites for hydroxylation is 1. The molecule has 0 saturated carbocycles. The predicted octanol–water partition coefficient (Wildman–Crippen LogP) is 2.14. The summed E-state index contributed by atoms with van der Waals surface area (Å²) in [5, 5.41) is 11.2. The highest BCUT2D eigenvalue weighted by molar-refractivity contribution is 9.08. The second kappa shape index (κ2) is 3.70. The highest BCUT2D eigenvalue weighted by Gasteiger charge is 2.08. The molecule has 0 saturated heterocycles. The lowest BCUT2D eigenvalue weighted by atomic mass is 10.1. The number of aromatic nitrogens is 1. The van der Waals surface area contributed by atoms with E-state index in [0.717, 1.165) is 10.9 Å². The summed E-state index contributed by atoms with van der Waals surface area (Å²) in [6, 6.07) is 6.83. The van der Waals surface area contributed by atoms with Crippen molar-refractivity contribution in [3.05, 3.63) is 40.2 Å². The van der Waals surface area contributed by atoms with Crippen LogP contribution in [0.2, 0.25) is 0 Å². The summed E-state index contributed by atoms with van der Waals surface area (Å²) in [4.78, 5) is 11.6. The van der Waals surface area contributed by atoms with Crippen molar-refractivity contribution in [1.29, 1.82) is 0 Å². The zero-order valence-electron chi connectivity index (χ0n) is 8.20. The van der Waals surface area contributed by atoms with Crippen LogP contribution in [-0.4, -0.2) is 9.67 Å². The molecular weight excluding hydrogens is 258 g/mol. The lowest BCUT2D eigenvalue weighted by molar-refractivity contribution is 0.478. The quantitative estimate of drug-likeness (QED) is 0.805. The topological polar surface area (TPSA) is 42.2 Å². The van der Waals surface area contributed by atoms with E-state index >= 15 is 0 Å². The zero-order valence-corrected chi connectivity index (χ0v) is 9.78. The van der Waals surface area contributed by atoms with E-state index in [0.29, 0.717) is 10.8 Å². The van der Waals surface area contributed by atoms with Gasteiger partial charge in [0.05, 0.1) is 5.52 Å². The number of phenols is 1. The van der Waals surface area contributed by atoms with Crippen LogP contribution in [0.4, 0.5) is 0 Å². The minimum absolute atomic E-state index is 0.113. The molecule has 0 bridgehead atoms. The molecule has 0 aliphatic rings. The van der Waals surface area contributed by atoms with E-state index in [9.17, 15) is 9.90 Å². The highest BCUT2D eigenvalue weighted by atomic mass is 79.9. The van der Waals surface area contributed by atoms with Crippen LogP contribution in [0.15, 0.2) is 29.1 Å². The maximum Gasteiger partial charge on any atom is 0.251 e. The molecule has 0 radical (unpaired) electrons. The third kappa shape index (κ3) is 1.55. The minimum Gasteiger partial charge on any atom is -0.506 e. The summed E-state index contributed by atoms with van der Waals surface area (Å²) in [6.45, 7) is 0. The Balaban J connectivity index is 3.03. The third-order valence-electron chi connectivity index (χ3n) is 2.47. The maximum atomic E-state index is 11.6. The number of hydrogen-bond acceptors (Lipinski definition) is 2. The van der Waals surface area contributed by atoms with Gasteiger partial charge in [-0.1, -0.05) is 28.1 Å². The summed E-state index contributed by atoms with van der Waals surface area (Å²) in [6.07, 6.45) is 0. The molecule has 0 amide bonds. The van der Waals surface area contributed by atoms with Gasteiger partial charge in [0.15, 0.2) is 0 Å². The second-order valence-corrected chi connectivity index (χ2v) is 3.93. The number of rotatable bonds is 1. The second-order valence-electron chi connectivity index (χ2n) is 3.37. The van der Waals surface area contributed by atoms with Crippen LogP contribution in [0, 0.1) is 0 Å². The Kier molecular flexibility index (Phi) is 2.52. The number of hydrogen-bond donors (Lipinski definition) is 1. The molecule has 0 aliphatic heterocycles. The Hall–Kier alpha value is -1.29. The lowest BCUT2D eigenvalue weighted by Crippen LogP contribution is -2.16. The summed E-state index contributed by atoms with van der Waals surface area (Å²) in [7, 11) is 1.66. The molecule has 1 aromatic heterocycles. The van der Waals surface area contributed by atoms with Crippen molar-refractivity contribution in [2.24, 2.45) is 7.05 Å². The van der Waals surface area contributed by atoms with Crippen molar-refractivity contribution in [2.45, 2.75) is 5.33 Å². The van der Waals surface area contributed by atoms with Crippen molar-refractivity contribution in [1.82, 2.24) is 4.57 Å². The van der Waals surface area contributed by atoms with Crippen LogP contribution in [-0.2, 0) is 12.4 Å². The van der Waals surface area contributed by atoms with Crippen molar-refractivity contribution < 1.29 is 5.11 Å². The molecule has 4 heteroatoms. The largest absolute Gasteiger partial charge is 0.506 e. The first-order valence-corrected chi connectivity index (χ1v) is 5.64. The Morgan fingerprint density at radius 1 is 1.47 bits per heavy atom. The summed E-state index contributed by atoms with van der Waals surface area (Å²) in [5.74, 6) is 0.134. The average Bonchev–Trinajstić information content (AvgIpc) is 2.23. The first-order valence-electron chi connectivity index (χ1n) is 4.51.